The van der Waals surface area contributed by atoms with E-state index in [1.807, 2.05) is 38.1 Å². The first-order valence-corrected chi connectivity index (χ1v) is 10.7. The fourth-order valence-electron chi connectivity index (χ4n) is 3.86. The van der Waals surface area contributed by atoms with Crippen LogP contribution in [0.1, 0.15) is 48.5 Å². The third-order valence-electron chi connectivity index (χ3n) is 5.69. The number of likely N-dealkylation sites (tertiary alicyclic amines) is 1. The molecular formula is C23H26ClN3O4. The highest BCUT2D eigenvalue weighted by Gasteiger charge is 2.32. The second-order valence-electron chi connectivity index (χ2n) is 8.15. The summed E-state index contributed by atoms with van der Waals surface area (Å²) in [6, 6.07) is 12.6. The maximum Gasteiger partial charge on any atom is 0.270 e. The van der Waals surface area contributed by atoms with E-state index in [1.165, 1.54) is 29.8 Å². The Morgan fingerprint density at radius 2 is 1.77 bits per heavy atom. The summed E-state index contributed by atoms with van der Waals surface area (Å²) in [6.07, 6.45) is 1.69. The van der Waals surface area contributed by atoms with Crippen molar-refractivity contribution < 1.29 is 14.5 Å². The lowest BCUT2D eigenvalue weighted by Gasteiger charge is -2.35. The Balaban J connectivity index is 1.64. The van der Waals surface area contributed by atoms with Crippen LogP contribution in [-0.2, 0) is 4.79 Å². The number of piperidine rings is 1. The molecule has 2 aromatic carbocycles. The zero-order valence-electron chi connectivity index (χ0n) is 17.6. The molecule has 1 fully saturated rings. The lowest BCUT2D eigenvalue weighted by atomic mass is 9.89. The molecule has 1 atom stereocenters. The normalized spacial score (nSPS) is 15.5. The smallest absolute Gasteiger partial charge is 0.270 e. The number of carbonyl (C=O) groups is 2. The highest BCUT2D eigenvalue weighted by Crippen LogP contribution is 2.29. The molecule has 0 aliphatic carbocycles. The number of nitro benzene ring substituents is 1. The molecule has 1 N–H and O–H groups in total. The van der Waals surface area contributed by atoms with E-state index in [2.05, 4.69) is 5.32 Å². The number of non-ortho nitro benzene ring substituents is 1. The quantitative estimate of drug-likeness (QED) is 0.528. The molecule has 7 nitrogen and oxygen atoms in total. The van der Waals surface area contributed by atoms with Crippen molar-refractivity contribution in [2.45, 2.75) is 38.6 Å². The van der Waals surface area contributed by atoms with E-state index < -0.39 is 16.9 Å². The van der Waals surface area contributed by atoms with Gasteiger partial charge in [-0.3, -0.25) is 19.7 Å². The number of nitrogens with zero attached hydrogens (tertiary/aromatic N) is 2. The van der Waals surface area contributed by atoms with Gasteiger partial charge in [-0.05, 0) is 48.4 Å². The van der Waals surface area contributed by atoms with Gasteiger partial charge >= 0.3 is 0 Å². The van der Waals surface area contributed by atoms with Crippen LogP contribution in [0.5, 0.6) is 0 Å². The summed E-state index contributed by atoms with van der Waals surface area (Å²) >= 11 is 5.97. The van der Waals surface area contributed by atoms with Crippen LogP contribution in [0.15, 0.2) is 48.5 Å². The Kier molecular flexibility index (Phi) is 7.28. The van der Waals surface area contributed by atoms with Crippen molar-refractivity contribution in [3.8, 4) is 0 Å². The summed E-state index contributed by atoms with van der Waals surface area (Å²) < 4.78 is 0. The van der Waals surface area contributed by atoms with Gasteiger partial charge < -0.3 is 10.2 Å². The lowest BCUT2D eigenvalue weighted by Crippen LogP contribution is -2.52. The van der Waals surface area contributed by atoms with E-state index in [1.54, 1.807) is 4.90 Å². The molecule has 0 spiro atoms. The monoisotopic (exact) mass is 443 g/mol. The SMILES string of the molecule is CC(C)C(NC(=O)c1cccc([N+](=O)[O-])c1)C(=O)N1CCC(c2ccc(Cl)cc2)CC1. The third-order valence-corrected chi connectivity index (χ3v) is 5.94. The maximum atomic E-state index is 13.2. The molecule has 2 amide bonds. The Bertz CT molecular complexity index is 954. The molecule has 0 radical (unpaired) electrons. The lowest BCUT2D eigenvalue weighted by molar-refractivity contribution is -0.384. The first-order chi connectivity index (χ1) is 14.8. The van der Waals surface area contributed by atoms with Gasteiger partial charge in [0.1, 0.15) is 6.04 Å². The van der Waals surface area contributed by atoms with Gasteiger partial charge in [0.2, 0.25) is 5.91 Å². The van der Waals surface area contributed by atoms with Gasteiger partial charge in [-0.1, -0.05) is 43.6 Å². The molecule has 2 aromatic rings. The van der Waals surface area contributed by atoms with Gasteiger partial charge in [0, 0.05) is 35.8 Å². The standard InChI is InChI=1S/C23H26ClN3O4/c1-15(2)21(25-22(28)18-4-3-5-20(14-18)27(30)31)23(29)26-12-10-17(11-13-26)16-6-8-19(24)9-7-16/h3-9,14-15,17,21H,10-13H2,1-2H3,(H,25,28). The van der Waals surface area contributed by atoms with Crippen molar-refractivity contribution >= 4 is 29.1 Å². The summed E-state index contributed by atoms with van der Waals surface area (Å²) in [5.41, 5.74) is 1.22. The molecular weight excluding hydrogens is 418 g/mol. The minimum atomic E-state index is -0.696. The highest BCUT2D eigenvalue weighted by atomic mass is 35.5. The first-order valence-electron chi connectivity index (χ1n) is 10.4. The molecule has 0 saturated carbocycles. The van der Waals surface area contributed by atoms with Gasteiger partial charge in [0.15, 0.2) is 0 Å². The number of rotatable bonds is 6. The predicted octanol–water partition coefficient (Wildman–Crippen LogP) is 4.41. The molecule has 0 bridgehead atoms. The zero-order chi connectivity index (χ0) is 22.5. The van der Waals surface area contributed by atoms with E-state index in [4.69, 9.17) is 11.6 Å². The molecule has 1 unspecified atom stereocenters. The summed E-state index contributed by atoms with van der Waals surface area (Å²) in [5.74, 6) is -0.363. The van der Waals surface area contributed by atoms with E-state index in [0.717, 1.165) is 12.8 Å². The van der Waals surface area contributed by atoms with E-state index in [-0.39, 0.29) is 23.1 Å². The molecule has 1 saturated heterocycles. The fraction of sp³-hybridized carbons (Fsp3) is 0.391. The Labute approximate surface area is 186 Å². The maximum absolute atomic E-state index is 13.2. The Hall–Kier alpha value is -2.93. The second kappa shape index (κ2) is 9.92. The molecule has 1 aliphatic rings. The van der Waals surface area contributed by atoms with E-state index in [9.17, 15) is 19.7 Å². The van der Waals surface area contributed by atoms with Crippen molar-refractivity contribution in [1.82, 2.24) is 10.2 Å². The summed E-state index contributed by atoms with van der Waals surface area (Å²) in [7, 11) is 0. The van der Waals surface area contributed by atoms with Crippen molar-refractivity contribution in [3.63, 3.8) is 0 Å². The zero-order valence-corrected chi connectivity index (χ0v) is 18.3. The van der Waals surface area contributed by atoms with E-state index in [0.29, 0.717) is 24.0 Å². The topological polar surface area (TPSA) is 92.5 Å². The van der Waals surface area contributed by atoms with Crippen LogP contribution in [0.25, 0.3) is 0 Å². The van der Waals surface area contributed by atoms with Gasteiger partial charge in [0.25, 0.3) is 11.6 Å². The van der Waals surface area contributed by atoms with Gasteiger partial charge in [0.05, 0.1) is 4.92 Å². The summed E-state index contributed by atoms with van der Waals surface area (Å²) in [4.78, 5) is 38.0. The predicted molar refractivity (Wildman–Crippen MR) is 119 cm³/mol. The number of carbonyl (C=O) groups excluding carboxylic acids is 2. The number of hydrogen-bond acceptors (Lipinski definition) is 4. The van der Waals surface area contributed by atoms with Crippen molar-refractivity contribution in [2.75, 3.05) is 13.1 Å². The van der Waals surface area contributed by atoms with Crippen molar-refractivity contribution in [3.05, 3.63) is 74.8 Å². The Morgan fingerprint density at radius 1 is 1.13 bits per heavy atom. The fourth-order valence-corrected chi connectivity index (χ4v) is 3.99. The average molecular weight is 444 g/mol. The van der Waals surface area contributed by atoms with Crippen LogP contribution in [0.3, 0.4) is 0 Å². The molecule has 0 aromatic heterocycles. The molecule has 164 valence electrons. The number of nitrogens with one attached hydrogen (secondary N) is 1. The average Bonchev–Trinajstić information content (AvgIpc) is 2.77. The summed E-state index contributed by atoms with van der Waals surface area (Å²) in [6.45, 7) is 4.97. The minimum absolute atomic E-state index is 0.121. The molecule has 8 heteroatoms. The van der Waals surface area contributed by atoms with Crippen LogP contribution in [0, 0.1) is 16.0 Å². The van der Waals surface area contributed by atoms with Crippen LogP contribution >= 0.6 is 11.6 Å². The second-order valence-corrected chi connectivity index (χ2v) is 8.59. The largest absolute Gasteiger partial charge is 0.341 e. The number of benzene rings is 2. The van der Waals surface area contributed by atoms with E-state index >= 15 is 0 Å². The van der Waals surface area contributed by atoms with Crippen molar-refractivity contribution in [1.29, 1.82) is 0 Å². The third kappa shape index (κ3) is 5.61. The number of halogens is 1. The van der Waals surface area contributed by atoms with Crippen molar-refractivity contribution in [2.24, 2.45) is 5.92 Å². The summed E-state index contributed by atoms with van der Waals surface area (Å²) in [5, 5.41) is 14.5. The minimum Gasteiger partial charge on any atom is -0.341 e. The molecule has 3 rings (SSSR count). The van der Waals surface area contributed by atoms with Crippen LogP contribution < -0.4 is 5.32 Å². The van der Waals surface area contributed by atoms with Crippen LogP contribution in [0.4, 0.5) is 5.69 Å². The van der Waals surface area contributed by atoms with Gasteiger partial charge in [-0.2, -0.15) is 0 Å². The molecule has 31 heavy (non-hydrogen) atoms. The van der Waals surface area contributed by atoms with Gasteiger partial charge in [-0.25, -0.2) is 0 Å². The Morgan fingerprint density at radius 3 is 2.35 bits per heavy atom. The van der Waals surface area contributed by atoms with Gasteiger partial charge in [-0.15, -0.1) is 0 Å². The molecule has 1 aliphatic heterocycles. The van der Waals surface area contributed by atoms with Crippen LogP contribution in [0.2, 0.25) is 5.02 Å². The van der Waals surface area contributed by atoms with Crippen LogP contribution in [-0.4, -0.2) is 40.8 Å². The number of hydrogen-bond donors (Lipinski definition) is 1. The highest BCUT2D eigenvalue weighted by molar-refractivity contribution is 6.30. The number of amides is 2. The number of nitro groups is 1. The molecule has 1 heterocycles. The first kappa shape index (κ1) is 22.7.